The Morgan fingerprint density at radius 3 is 2.58 bits per heavy atom. The van der Waals surface area contributed by atoms with E-state index in [-0.39, 0.29) is 23.2 Å². The summed E-state index contributed by atoms with van der Waals surface area (Å²) in [6.45, 7) is 2.43. The average molecular weight is 460 g/mol. The molecule has 1 atom stereocenters. The third-order valence-corrected chi connectivity index (χ3v) is 7.93. The molecule has 2 heterocycles. The number of hydrogen-bond donors (Lipinski definition) is 1. The predicted molar refractivity (Wildman–Crippen MR) is 119 cm³/mol. The zero-order valence-electron chi connectivity index (χ0n) is 16.9. The lowest BCUT2D eigenvalue weighted by Gasteiger charge is -2.31. The third kappa shape index (κ3) is 4.84. The van der Waals surface area contributed by atoms with Crippen molar-refractivity contribution < 1.29 is 17.6 Å². The van der Waals surface area contributed by atoms with Crippen molar-refractivity contribution in [2.45, 2.75) is 24.7 Å². The van der Waals surface area contributed by atoms with E-state index >= 15 is 0 Å². The molecule has 0 spiro atoms. The topological polar surface area (TPSA) is 79.4 Å². The molecule has 0 aliphatic carbocycles. The summed E-state index contributed by atoms with van der Waals surface area (Å²) < 4.78 is 40.4. The van der Waals surface area contributed by atoms with Gasteiger partial charge in [-0.25, -0.2) is 17.8 Å². The van der Waals surface area contributed by atoms with E-state index in [1.807, 2.05) is 6.92 Å². The molecule has 1 fully saturated rings. The first kappa shape index (κ1) is 21.6. The molecular formula is C22H22FN3O3S2. The molecule has 2 aromatic carbocycles. The first-order chi connectivity index (χ1) is 14.8. The number of sulfonamides is 1. The molecule has 1 unspecified atom stereocenters. The Kier molecular flexibility index (Phi) is 6.17. The van der Waals surface area contributed by atoms with Gasteiger partial charge in [0.15, 0.2) is 5.13 Å². The van der Waals surface area contributed by atoms with Crippen LogP contribution in [0.4, 0.5) is 9.52 Å². The molecule has 0 saturated carbocycles. The maximum atomic E-state index is 13.1. The summed E-state index contributed by atoms with van der Waals surface area (Å²) >= 11 is 1.28. The molecule has 31 heavy (non-hydrogen) atoms. The van der Waals surface area contributed by atoms with E-state index in [0.717, 1.165) is 11.1 Å². The number of nitrogens with zero attached hydrogens (tertiary/aromatic N) is 2. The van der Waals surface area contributed by atoms with Crippen LogP contribution in [-0.2, 0) is 14.8 Å². The van der Waals surface area contributed by atoms with Gasteiger partial charge in [-0.05, 0) is 56.2 Å². The molecule has 1 amide bonds. The highest BCUT2D eigenvalue weighted by atomic mass is 32.2. The number of aromatic nitrogens is 1. The highest BCUT2D eigenvalue weighted by molar-refractivity contribution is 7.89. The van der Waals surface area contributed by atoms with E-state index in [0.29, 0.717) is 30.2 Å². The summed E-state index contributed by atoms with van der Waals surface area (Å²) in [4.78, 5) is 17.4. The number of nitrogens with one attached hydrogen (secondary N) is 1. The number of aryl methyl sites for hydroxylation is 1. The van der Waals surface area contributed by atoms with Crippen LogP contribution < -0.4 is 5.32 Å². The fourth-order valence-electron chi connectivity index (χ4n) is 3.53. The van der Waals surface area contributed by atoms with Crippen LogP contribution >= 0.6 is 11.3 Å². The Balaban J connectivity index is 1.43. The predicted octanol–water partition coefficient (Wildman–Crippen LogP) is 4.30. The SMILES string of the molecule is Cc1ccc(S(=O)(=O)N2CCCC(C(=O)Nc3nc(-c4ccc(F)cc4)cs3)C2)cc1. The fourth-order valence-corrected chi connectivity index (χ4v) is 5.77. The van der Waals surface area contributed by atoms with Crippen LogP contribution in [0, 0.1) is 18.7 Å². The Morgan fingerprint density at radius 2 is 1.87 bits per heavy atom. The Hall–Kier alpha value is -2.62. The van der Waals surface area contributed by atoms with Crippen molar-refractivity contribution in [1.29, 1.82) is 0 Å². The molecule has 0 radical (unpaired) electrons. The number of halogens is 1. The van der Waals surface area contributed by atoms with E-state index < -0.39 is 15.9 Å². The average Bonchev–Trinajstić information content (AvgIpc) is 3.23. The number of hydrogen-bond acceptors (Lipinski definition) is 5. The van der Waals surface area contributed by atoms with E-state index in [1.165, 1.54) is 27.8 Å². The van der Waals surface area contributed by atoms with Gasteiger partial charge in [-0.3, -0.25) is 4.79 Å². The number of rotatable bonds is 5. The molecule has 1 aliphatic rings. The second-order valence-corrected chi connectivity index (χ2v) is 10.3. The van der Waals surface area contributed by atoms with Gasteiger partial charge in [0, 0.05) is 24.0 Å². The van der Waals surface area contributed by atoms with Crippen molar-refractivity contribution >= 4 is 32.4 Å². The van der Waals surface area contributed by atoms with Gasteiger partial charge in [0.25, 0.3) is 0 Å². The largest absolute Gasteiger partial charge is 0.302 e. The van der Waals surface area contributed by atoms with Crippen molar-refractivity contribution in [3.8, 4) is 11.3 Å². The summed E-state index contributed by atoms with van der Waals surface area (Å²) in [7, 11) is -3.64. The first-order valence-electron chi connectivity index (χ1n) is 9.92. The molecular weight excluding hydrogens is 437 g/mol. The van der Waals surface area contributed by atoms with Crippen LogP contribution in [-0.4, -0.2) is 36.7 Å². The van der Waals surface area contributed by atoms with Crippen molar-refractivity contribution in [3.05, 3.63) is 65.3 Å². The van der Waals surface area contributed by atoms with Gasteiger partial charge in [-0.2, -0.15) is 4.31 Å². The molecule has 1 aliphatic heterocycles. The van der Waals surface area contributed by atoms with Crippen LogP contribution in [0.15, 0.2) is 58.8 Å². The number of carbonyl (C=O) groups is 1. The molecule has 1 N–H and O–H groups in total. The second kappa shape index (κ2) is 8.86. The van der Waals surface area contributed by atoms with Crippen molar-refractivity contribution in [3.63, 3.8) is 0 Å². The molecule has 6 nitrogen and oxygen atoms in total. The Labute approximate surface area is 184 Å². The molecule has 9 heteroatoms. The number of benzene rings is 2. The van der Waals surface area contributed by atoms with Gasteiger partial charge in [-0.15, -0.1) is 11.3 Å². The molecule has 3 aromatic rings. The monoisotopic (exact) mass is 459 g/mol. The molecule has 1 saturated heterocycles. The minimum atomic E-state index is -3.64. The number of thiazole rings is 1. The lowest BCUT2D eigenvalue weighted by Crippen LogP contribution is -2.43. The van der Waals surface area contributed by atoms with Crippen LogP contribution in [0.2, 0.25) is 0 Å². The van der Waals surface area contributed by atoms with Gasteiger partial charge < -0.3 is 5.32 Å². The van der Waals surface area contributed by atoms with Crippen LogP contribution in [0.25, 0.3) is 11.3 Å². The Morgan fingerprint density at radius 1 is 1.16 bits per heavy atom. The van der Waals surface area contributed by atoms with E-state index in [2.05, 4.69) is 10.3 Å². The number of anilines is 1. The minimum absolute atomic E-state index is 0.137. The summed E-state index contributed by atoms with van der Waals surface area (Å²) in [5.74, 6) is -1.02. The van der Waals surface area contributed by atoms with Crippen LogP contribution in [0.5, 0.6) is 0 Å². The molecule has 162 valence electrons. The quantitative estimate of drug-likeness (QED) is 0.617. The van der Waals surface area contributed by atoms with Gasteiger partial charge in [0.1, 0.15) is 5.82 Å². The zero-order valence-corrected chi connectivity index (χ0v) is 18.5. The van der Waals surface area contributed by atoms with Gasteiger partial charge in [0.05, 0.1) is 16.5 Å². The van der Waals surface area contributed by atoms with Gasteiger partial charge >= 0.3 is 0 Å². The van der Waals surface area contributed by atoms with E-state index in [9.17, 15) is 17.6 Å². The van der Waals surface area contributed by atoms with Crippen molar-refractivity contribution in [2.75, 3.05) is 18.4 Å². The second-order valence-electron chi connectivity index (χ2n) is 7.55. The van der Waals surface area contributed by atoms with Crippen LogP contribution in [0.1, 0.15) is 18.4 Å². The van der Waals surface area contributed by atoms with Crippen molar-refractivity contribution in [1.82, 2.24) is 9.29 Å². The highest BCUT2D eigenvalue weighted by Crippen LogP contribution is 2.28. The highest BCUT2D eigenvalue weighted by Gasteiger charge is 2.33. The van der Waals surface area contributed by atoms with Crippen LogP contribution in [0.3, 0.4) is 0 Å². The Bertz CT molecular complexity index is 1180. The molecule has 0 bridgehead atoms. The summed E-state index contributed by atoms with van der Waals surface area (Å²) in [5.41, 5.74) is 2.39. The number of piperidine rings is 1. The van der Waals surface area contributed by atoms with E-state index in [4.69, 9.17) is 0 Å². The third-order valence-electron chi connectivity index (χ3n) is 5.29. The summed E-state index contributed by atoms with van der Waals surface area (Å²) in [6, 6.07) is 12.7. The fraction of sp³-hybridized carbons (Fsp3) is 0.273. The maximum Gasteiger partial charge on any atom is 0.243 e. The standard InChI is InChI=1S/C22H22FN3O3S2/c1-15-4-10-19(11-5-15)31(28,29)26-12-2-3-17(13-26)21(27)25-22-24-20(14-30-22)16-6-8-18(23)9-7-16/h4-11,14,17H,2-3,12-13H2,1H3,(H,24,25,27). The smallest absolute Gasteiger partial charge is 0.243 e. The molecule has 1 aromatic heterocycles. The molecule has 4 rings (SSSR count). The number of amides is 1. The van der Waals surface area contributed by atoms with Crippen molar-refractivity contribution in [2.24, 2.45) is 5.92 Å². The summed E-state index contributed by atoms with van der Waals surface area (Å²) in [5, 5.41) is 5.03. The number of carbonyl (C=O) groups excluding carboxylic acids is 1. The zero-order chi connectivity index (χ0) is 22.0. The lowest BCUT2D eigenvalue weighted by atomic mass is 9.99. The van der Waals surface area contributed by atoms with Gasteiger partial charge in [0.2, 0.25) is 15.9 Å². The first-order valence-corrected chi connectivity index (χ1v) is 12.2. The minimum Gasteiger partial charge on any atom is -0.302 e. The maximum absolute atomic E-state index is 13.1. The lowest BCUT2D eigenvalue weighted by molar-refractivity contribution is -0.120. The normalized spacial score (nSPS) is 17.4. The summed E-state index contributed by atoms with van der Waals surface area (Å²) in [6.07, 6.45) is 1.23. The van der Waals surface area contributed by atoms with Gasteiger partial charge in [-0.1, -0.05) is 17.7 Å². The van der Waals surface area contributed by atoms with E-state index in [1.54, 1.807) is 41.8 Å².